The fourth-order valence-corrected chi connectivity index (χ4v) is 5.16. The highest BCUT2D eigenvalue weighted by Crippen LogP contribution is 2.32. The molecule has 1 saturated carbocycles. The lowest BCUT2D eigenvalue weighted by atomic mass is 9.85. The van der Waals surface area contributed by atoms with Crippen LogP contribution in [-0.4, -0.2) is 54.1 Å². The molecule has 28 heavy (non-hydrogen) atoms. The van der Waals surface area contributed by atoms with Gasteiger partial charge in [-0.15, -0.1) is 0 Å². The lowest BCUT2D eigenvalue weighted by Gasteiger charge is -2.31. The minimum absolute atomic E-state index is 0.158. The van der Waals surface area contributed by atoms with Crippen LogP contribution in [-0.2, 0) is 4.74 Å². The Morgan fingerprint density at radius 2 is 1.89 bits per heavy atom. The molecule has 0 unspecified atom stereocenters. The predicted molar refractivity (Wildman–Crippen MR) is 112 cm³/mol. The van der Waals surface area contributed by atoms with Gasteiger partial charge in [-0.3, -0.25) is 4.79 Å². The third-order valence-corrected chi connectivity index (χ3v) is 7.02. The molecule has 0 spiro atoms. The zero-order valence-corrected chi connectivity index (χ0v) is 17.5. The molecule has 3 heterocycles. The minimum Gasteiger partial charge on any atom is -0.382 e. The van der Waals surface area contributed by atoms with Crippen LogP contribution in [0.2, 0.25) is 5.02 Å². The summed E-state index contributed by atoms with van der Waals surface area (Å²) < 4.78 is 7.14. The van der Waals surface area contributed by atoms with Crippen LogP contribution >= 0.6 is 11.6 Å². The number of aromatic nitrogens is 2. The van der Waals surface area contributed by atoms with E-state index in [9.17, 15) is 4.79 Å². The molecule has 0 aromatic carbocycles. The molecule has 3 aliphatic rings. The van der Waals surface area contributed by atoms with E-state index in [4.69, 9.17) is 16.3 Å². The van der Waals surface area contributed by atoms with Crippen molar-refractivity contribution >= 4 is 17.3 Å². The Labute approximate surface area is 172 Å². The quantitative estimate of drug-likeness (QED) is 0.779. The Morgan fingerprint density at radius 1 is 1.11 bits per heavy atom. The number of hydrogen-bond acceptors (Lipinski definition) is 5. The maximum Gasteiger partial charge on any atom is 0.287 e. The molecule has 0 bridgehead atoms. The van der Waals surface area contributed by atoms with Crippen molar-refractivity contribution in [2.24, 2.45) is 11.8 Å². The van der Waals surface area contributed by atoms with E-state index < -0.39 is 0 Å². The number of nitrogens with zero attached hydrogens (tertiary/aromatic N) is 3. The molecule has 156 valence electrons. The first-order valence-electron chi connectivity index (χ1n) is 11.0. The average Bonchev–Trinajstić information content (AvgIpc) is 3.24. The molecule has 3 fully saturated rings. The molecule has 1 aliphatic carbocycles. The van der Waals surface area contributed by atoms with Crippen LogP contribution in [0.25, 0.3) is 0 Å². The van der Waals surface area contributed by atoms with Gasteiger partial charge in [0.05, 0.1) is 24.5 Å². The zero-order valence-electron chi connectivity index (χ0n) is 16.7. The summed E-state index contributed by atoms with van der Waals surface area (Å²) in [5.74, 6) is 1.23. The monoisotopic (exact) mass is 408 g/mol. The van der Waals surface area contributed by atoms with Crippen LogP contribution in [0.3, 0.4) is 0 Å². The average molecular weight is 409 g/mol. The highest BCUT2D eigenvalue weighted by Gasteiger charge is 2.27. The van der Waals surface area contributed by atoms with Gasteiger partial charge in [0.25, 0.3) is 5.56 Å². The maximum atomic E-state index is 12.8. The van der Waals surface area contributed by atoms with E-state index in [1.54, 1.807) is 10.9 Å². The molecule has 0 radical (unpaired) electrons. The number of halogens is 1. The third kappa shape index (κ3) is 4.89. The van der Waals surface area contributed by atoms with E-state index >= 15 is 0 Å². The van der Waals surface area contributed by atoms with Crippen molar-refractivity contribution in [2.75, 3.05) is 44.7 Å². The summed E-state index contributed by atoms with van der Waals surface area (Å²) in [6, 6.07) is 0.181. The summed E-state index contributed by atoms with van der Waals surface area (Å²) in [6.07, 6.45) is 11.1. The molecule has 6 nitrogen and oxygen atoms in total. The number of nitrogens with one attached hydrogen (secondary N) is 1. The van der Waals surface area contributed by atoms with E-state index in [0.29, 0.717) is 11.6 Å². The number of anilines is 1. The first-order chi connectivity index (χ1) is 13.7. The van der Waals surface area contributed by atoms with E-state index in [0.717, 1.165) is 51.4 Å². The molecule has 1 aromatic heterocycles. The summed E-state index contributed by atoms with van der Waals surface area (Å²) in [5.41, 5.74) is 0.491. The fraction of sp³-hybridized carbons (Fsp3) is 0.810. The zero-order chi connectivity index (χ0) is 19.3. The molecular formula is C21H33ClN4O2. The molecule has 1 N–H and O–H groups in total. The van der Waals surface area contributed by atoms with Gasteiger partial charge in [-0.2, -0.15) is 5.10 Å². The minimum atomic E-state index is -0.158. The predicted octanol–water partition coefficient (Wildman–Crippen LogP) is 3.56. The fourth-order valence-electron chi connectivity index (χ4n) is 4.95. The van der Waals surface area contributed by atoms with Gasteiger partial charge in [0.15, 0.2) is 0 Å². The van der Waals surface area contributed by atoms with Crippen LogP contribution in [0.15, 0.2) is 11.0 Å². The Kier molecular flexibility index (Phi) is 6.91. The van der Waals surface area contributed by atoms with Crippen LogP contribution in [0.5, 0.6) is 0 Å². The molecule has 2 aliphatic heterocycles. The molecule has 1 atom stereocenters. The van der Waals surface area contributed by atoms with Gasteiger partial charge in [-0.1, -0.05) is 11.6 Å². The van der Waals surface area contributed by atoms with E-state index in [-0.39, 0.29) is 16.6 Å². The molecule has 7 heteroatoms. The van der Waals surface area contributed by atoms with Crippen molar-refractivity contribution in [1.82, 2.24) is 14.7 Å². The number of ether oxygens (including phenoxy) is 1. The second kappa shape index (κ2) is 9.59. The Balaban J connectivity index is 1.32. The highest BCUT2D eigenvalue weighted by atomic mass is 35.5. The van der Waals surface area contributed by atoms with Crippen molar-refractivity contribution in [1.29, 1.82) is 0 Å². The smallest absolute Gasteiger partial charge is 0.287 e. The van der Waals surface area contributed by atoms with Gasteiger partial charge in [0, 0.05) is 19.7 Å². The van der Waals surface area contributed by atoms with Crippen molar-refractivity contribution in [3.8, 4) is 0 Å². The maximum absolute atomic E-state index is 12.8. The SMILES string of the molecule is O=c1c(Cl)c(NC[C@@H]2CCCOC2)cnn1C1CCC(CN2CCCC2)CC1. The first-order valence-corrected chi connectivity index (χ1v) is 11.4. The number of likely N-dealkylation sites (tertiary alicyclic amines) is 1. The summed E-state index contributed by atoms with van der Waals surface area (Å²) in [5, 5.41) is 8.05. The Bertz CT molecular complexity index is 690. The lowest BCUT2D eigenvalue weighted by molar-refractivity contribution is 0.0595. The van der Waals surface area contributed by atoms with Gasteiger partial charge in [-0.25, -0.2) is 4.68 Å². The van der Waals surface area contributed by atoms with Crippen LogP contribution in [0.1, 0.15) is 57.4 Å². The van der Waals surface area contributed by atoms with Gasteiger partial charge in [0.2, 0.25) is 0 Å². The molecule has 0 amide bonds. The number of hydrogen-bond donors (Lipinski definition) is 1. The van der Waals surface area contributed by atoms with Gasteiger partial charge < -0.3 is 15.0 Å². The van der Waals surface area contributed by atoms with E-state index in [2.05, 4.69) is 15.3 Å². The Morgan fingerprint density at radius 3 is 2.61 bits per heavy atom. The standard InChI is InChI=1S/C21H33ClN4O2/c22-20-19(23-12-17-4-3-11-28-15-17)13-24-26(21(20)27)18-7-5-16(6-8-18)14-25-9-1-2-10-25/h13,16-18,23H,1-12,14-15H2/t16?,17-,18?/m0/s1. The summed E-state index contributed by atoms with van der Waals surface area (Å²) in [6.45, 7) is 6.15. The second-order valence-corrected chi connectivity index (χ2v) is 9.15. The van der Waals surface area contributed by atoms with Crippen molar-refractivity contribution in [3.05, 3.63) is 21.6 Å². The first kappa shape index (κ1) is 20.2. The summed E-state index contributed by atoms with van der Waals surface area (Å²) in [7, 11) is 0. The van der Waals surface area contributed by atoms with E-state index in [1.807, 2.05) is 0 Å². The van der Waals surface area contributed by atoms with Crippen molar-refractivity contribution in [2.45, 2.75) is 57.4 Å². The molecule has 2 saturated heterocycles. The number of rotatable bonds is 6. The third-order valence-electron chi connectivity index (χ3n) is 6.66. The molecule has 1 aromatic rings. The second-order valence-electron chi connectivity index (χ2n) is 8.77. The van der Waals surface area contributed by atoms with Gasteiger partial charge in [0.1, 0.15) is 5.02 Å². The summed E-state index contributed by atoms with van der Waals surface area (Å²) >= 11 is 6.40. The Hall–Kier alpha value is -1.11. The van der Waals surface area contributed by atoms with E-state index in [1.165, 1.54) is 45.3 Å². The van der Waals surface area contributed by atoms with Crippen LogP contribution < -0.4 is 10.9 Å². The van der Waals surface area contributed by atoms with Crippen molar-refractivity contribution < 1.29 is 4.74 Å². The lowest BCUT2D eigenvalue weighted by Crippen LogP contribution is -2.34. The normalized spacial score (nSPS) is 29.1. The van der Waals surface area contributed by atoms with Crippen LogP contribution in [0.4, 0.5) is 5.69 Å². The molecule has 4 rings (SSSR count). The van der Waals surface area contributed by atoms with Crippen LogP contribution in [0, 0.1) is 11.8 Å². The molecular weight excluding hydrogens is 376 g/mol. The largest absolute Gasteiger partial charge is 0.382 e. The van der Waals surface area contributed by atoms with Gasteiger partial charge in [-0.05, 0) is 76.3 Å². The topological polar surface area (TPSA) is 59.4 Å². The van der Waals surface area contributed by atoms with Gasteiger partial charge >= 0.3 is 0 Å². The summed E-state index contributed by atoms with van der Waals surface area (Å²) in [4.78, 5) is 15.4. The van der Waals surface area contributed by atoms with Crippen molar-refractivity contribution in [3.63, 3.8) is 0 Å². The highest BCUT2D eigenvalue weighted by molar-refractivity contribution is 6.32.